The number of alkyl halides is 2. The molecule has 1 aliphatic carbocycles. The third-order valence-electron chi connectivity index (χ3n) is 5.94. The van der Waals surface area contributed by atoms with Crippen molar-refractivity contribution in [3.8, 4) is 18.4 Å². The zero-order valence-electron chi connectivity index (χ0n) is 18.6. The number of nitrogens with one attached hydrogen (secondary N) is 2. The predicted octanol–water partition coefficient (Wildman–Crippen LogP) is 3.17. The molecule has 1 aliphatic rings. The number of hydrogen-bond donors (Lipinski definition) is 2. The van der Waals surface area contributed by atoms with Crippen LogP contribution in [0.5, 0.6) is 0 Å². The summed E-state index contributed by atoms with van der Waals surface area (Å²) in [6.45, 7) is 4.86. The minimum absolute atomic E-state index is 0.0000233. The van der Waals surface area contributed by atoms with Crippen molar-refractivity contribution in [3.05, 3.63) is 51.8 Å². The summed E-state index contributed by atoms with van der Waals surface area (Å²) < 4.78 is 28.1. The van der Waals surface area contributed by atoms with Gasteiger partial charge < -0.3 is 15.2 Å². The minimum Gasteiger partial charge on any atom is -0.343 e. The number of aryl methyl sites for hydroxylation is 1. The Balaban J connectivity index is 1.87. The van der Waals surface area contributed by atoms with E-state index < -0.39 is 41.9 Å². The lowest BCUT2D eigenvalue weighted by atomic mass is 9.74. The Kier molecular flexibility index (Phi) is 5.87. The second kappa shape index (κ2) is 8.18. The maximum atomic E-state index is 13.3. The standard InChI is InChI=1S/C24H22F2N4O3/c1-6-23(11-24(25,26)12-23)29-22(33)20(31)18-14(3)19(30(5)15(18)4)21(32)28-17-8-7-13(2)16(9-17)10-27/h1,7-9H,11-12H2,2-5H3,(H,28,32)(H,29,33). The Morgan fingerprint density at radius 2 is 1.82 bits per heavy atom. The minimum atomic E-state index is -2.99. The first-order valence-electron chi connectivity index (χ1n) is 10.0. The van der Waals surface area contributed by atoms with Gasteiger partial charge in [-0.1, -0.05) is 12.0 Å². The molecular formula is C24H22F2N4O3. The maximum absolute atomic E-state index is 13.3. The lowest BCUT2D eigenvalue weighted by Gasteiger charge is -2.43. The zero-order valence-corrected chi connectivity index (χ0v) is 18.6. The van der Waals surface area contributed by atoms with Crippen LogP contribution in [0.25, 0.3) is 0 Å². The molecule has 1 heterocycles. The van der Waals surface area contributed by atoms with Crippen molar-refractivity contribution in [2.24, 2.45) is 7.05 Å². The molecule has 0 spiro atoms. The number of Topliss-reactive ketones (excluding diaryl/α,β-unsaturated/α-hetero) is 1. The van der Waals surface area contributed by atoms with E-state index in [0.29, 0.717) is 16.9 Å². The highest BCUT2D eigenvalue weighted by Gasteiger charge is 2.57. The van der Waals surface area contributed by atoms with E-state index in [4.69, 9.17) is 6.42 Å². The summed E-state index contributed by atoms with van der Waals surface area (Å²) in [5.41, 5.74) is 0.745. The van der Waals surface area contributed by atoms with Crippen LogP contribution < -0.4 is 10.6 Å². The lowest BCUT2D eigenvalue weighted by molar-refractivity contribution is -0.133. The number of anilines is 1. The Labute approximate surface area is 189 Å². The SMILES string of the molecule is C#CC1(NC(=O)C(=O)c2c(C)c(C(=O)Nc3ccc(C)c(C#N)c3)n(C)c2C)CC(F)(F)C1. The molecule has 1 saturated carbocycles. The molecule has 0 atom stereocenters. The quantitative estimate of drug-likeness (QED) is 0.413. The van der Waals surface area contributed by atoms with Gasteiger partial charge in [-0.15, -0.1) is 6.42 Å². The van der Waals surface area contributed by atoms with Gasteiger partial charge in [-0.05, 0) is 44.0 Å². The van der Waals surface area contributed by atoms with Gasteiger partial charge in [0.1, 0.15) is 11.2 Å². The average molecular weight is 452 g/mol. The number of rotatable bonds is 5. The smallest absolute Gasteiger partial charge is 0.293 e. The molecule has 2 N–H and O–H groups in total. The third-order valence-corrected chi connectivity index (χ3v) is 5.94. The molecular weight excluding hydrogens is 430 g/mol. The molecule has 170 valence electrons. The van der Waals surface area contributed by atoms with Crippen LogP contribution in [0, 0.1) is 44.4 Å². The van der Waals surface area contributed by atoms with Crippen LogP contribution in [-0.2, 0) is 11.8 Å². The van der Waals surface area contributed by atoms with Gasteiger partial charge in [-0.25, -0.2) is 8.78 Å². The number of nitriles is 1. The van der Waals surface area contributed by atoms with Crippen molar-refractivity contribution in [1.29, 1.82) is 5.26 Å². The van der Waals surface area contributed by atoms with Gasteiger partial charge in [-0.2, -0.15) is 5.26 Å². The van der Waals surface area contributed by atoms with Crippen LogP contribution in [0.2, 0.25) is 0 Å². The normalized spacial score (nSPS) is 15.5. The Morgan fingerprint density at radius 3 is 2.36 bits per heavy atom. The second-order valence-corrected chi connectivity index (χ2v) is 8.31. The van der Waals surface area contributed by atoms with Crippen molar-refractivity contribution in [2.45, 2.75) is 45.1 Å². The molecule has 1 aromatic heterocycles. The zero-order chi connectivity index (χ0) is 24.7. The van der Waals surface area contributed by atoms with E-state index in [1.807, 2.05) is 6.07 Å². The Hall–Kier alpha value is -3.98. The first-order chi connectivity index (χ1) is 15.3. The molecule has 7 nitrogen and oxygen atoms in total. The molecule has 0 saturated heterocycles. The van der Waals surface area contributed by atoms with E-state index in [2.05, 4.69) is 16.6 Å². The van der Waals surface area contributed by atoms with Gasteiger partial charge in [0.25, 0.3) is 23.5 Å². The number of benzene rings is 1. The van der Waals surface area contributed by atoms with Crippen molar-refractivity contribution >= 4 is 23.3 Å². The summed E-state index contributed by atoms with van der Waals surface area (Å²) in [7, 11) is 1.57. The monoisotopic (exact) mass is 452 g/mol. The highest BCUT2D eigenvalue weighted by molar-refractivity contribution is 6.44. The number of halogens is 2. The summed E-state index contributed by atoms with van der Waals surface area (Å²) in [6, 6.07) is 6.92. The molecule has 0 aliphatic heterocycles. The molecule has 2 aromatic rings. The first-order valence-corrected chi connectivity index (χ1v) is 10.0. The fourth-order valence-electron chi connectivity index (χ4n) is 4.09. The number of hydrogen-bond acceptors (Lipinski definition) is 4. The number of aromatic nitrogens is 1. The van der Waals surface area contributed by atoms with E-state index in [-0.39, 0.29) is 16.8 Å². The number of carbonyl (C=O) groups is 3. The number of nitrogens with zero attached hydrogens (tertiary/aromatic N) is 2. The van der Waals surface area contributed by atoms with Gasteiger partial charge in [0.2, 0.25) is 0 Å². The summed E-state index contributed by atoms with van der Waals surface area (Å²) in [4.78, 5) is 38.4. The molecule has 0 unspecified atom stereocenters. The highest BCUT2D eigenvalue weighted by atomic mass is 19.3. The lowest BCUT2D eigenvalue weighted by Crippen LogP contribution is -2.62. The van der Waals surface area contributed by atoms with E-state index in [1.165, 1.54) is 17.6 Å². The maximum Gasteiger partial charge on any atom is 0.293 e. The average Bonchev–Trinajstić information content (AvgIpc) is 2.95. The van der Waals surface area contributed by atoms with Gasteiger partial charge in [0.15, 0.2) is 0 Å². The Morgan fingerprint density at radius 1 is 1.18 bits per heavy atom. The molecule has 1 aromatic carbocycles. The summed E-state index contributed by atoms with van der Waals surface area (Å²) in [5, 5.41) is 14.1. The molecule has 1 fully saturated rings. The number of terminal acetylenes is 1. The number of amides is 2. The molecule has 0 bridgehead atoms. The van der Waals surface area contributed by atoms with Gasteiger partial charge >= 0.3 is 0 Å². The molecule has 2 amide bonds. The number of carbonyl (C=O) groups excluding carboxylic acids is 3. The van der Waals surface area contributed by atoms with Gasteiger partial charge in [0.05, 0.1) is 17.2 Å². The molecule has 33 heavy (non-hydrogen) atoms. The van der Waals surface area contributed by atoms with E-state index in [0.717, 1.165) is 5.56 Å². The van der Waals surface area contributed by atoms with Crippen molar-refractivity contribution in [1.82, 2.24) is 9.88 Å². The van der Waals surface area contributed by atoms with E-state index in [1.54, 1.807) is 33.0 Å². The van der Waals surface area contributed by atoms with Gasteiger partial charge in [-0.3, -0.25) is 14.4 Å². The first kappa shape index (κ1) is 23.7. The topological polar surface area (TPSA) is 104 Å². The van der Waals surface area contributed by atoms with Crippen LogP contribution in [0.1, 0.15) is 56.1 Å². The van der Waals surface area contributed by atoms with Crippen LogP contribution in [0.15, 0.2) is 18.2 Å². The molecule has 0 radical (unpaired) electrons. The van der Waals surface area contributed by atoms with Gasteiger partial charge in [0, 0.05) is 31.3 Å². The Bertz CT molecular complexity index is 1270. The number of ketones is 1. The predicted molar refractivity (Wildman–Crippen MR) is 117 cm³/mol. The highest BCUT2D eigenvalue weighted by Crippen LogP contribution is 2.45. The second-order valence-electron chi connectivity index (χ2n) is 8.31. The fraction of sp³-hybridized carbons (Fsp3) is 0.333. The van der Waals surface area contributed by atoms with Crippen molar-refractivity contribution in [2.75, 3.05) is 5.32 Å². The summed E-state index contributed by atoms with van der Waals surface area (Å²) >= 11 is 0. The van der Waals surface area contributed by atoms with Crippen molar-refractivity contribution < 1.29 is 23.2 Å². The third kappa shape index (κ3) is 4.22. The van der Waals surface area contributed by atoms with E-state index in [9.17, 15) is 28.4 Å². The largest absolute Gasteiger partial charge is 0.343 e. The summed E-state index contributed by atoms with van der Waals surface area (Å²) in [6.07, 6.45) is 3.84. The fourth-order valence-corrected chi connectivity index (χ4v) is 4.09. The van der Waals surface area contributed by atoms with Crippen LogP contribution in [0.4, 0.5) is 14.5 Å². The molecule has 9 heteroatoms. The van der Waals surface area contributed by atoms with Crippen molar-refractivity contribution in [3.63, 3.8) is 0 Å². The van der Waals surface area contributed by atoms with E-state index >= 15 is 0 Å². The summed E-state index contributed by atoms with van der Waals surface area (Å²) in [5.74, 6) is -3.45. The van der Waals surface area contributed by atoms with Crippen LogP contribution in [0.3, 0.4) is 0 Å². The van der Waals surface area contributed by atoms with Crippen LogP contribution >= 0.6 is 0 Å². The molecule has 3 rings (SSSR count). The van der Waals surface area contributed by atoms with Crippen LogP contribution in [-0.4, -0.2) is 33.6 Å².